The first-order valence-electron chi connectivity index (χ1n) is 6.56. The fraction of sp³-hybridized carbons (Fsp3) is 0.600. The van der Waals surface area contributed by atoms with Crippen molar-refractivity contribution in [1.29, 1.82) is 0 Å². The fourth-order valence-corrected chi connectivity index (χ4v) is 3.23. The molecule has 1 aromatic rings. The first-order chi connectivity index (χ1) is 8.69. The van der Waals surface area contributed by atoms with Crippen LogP contribution in [-0.2, 0) is 11.6 Å². The van der Waals surface area contributed by atoms with Crippen LogP contribution in [0.2, 0.25) is 0 Å². The molecule has 1 fully saturated rings. The van der Waals surface area contributed by atoms with Crippen molar-refractivity contribution in [3.8, 4) is 0 Å². The van der Waals surface area contributed by atoms with E-state index >= 15 is 0 Å². The second kappa shape index (κ2) is 4.51. The van der Waals surface area contributed by atoms with Gasteiger partial charge < -0.3 is 5.73 Å². The van der Waals surface area contributed by atoms with Crippen molar-refractivity contribution in [2.24, 2.45) is 11.1 Å². The van der Waals surface area contributed by atoms with Crippen molar-refractivity contribution in [1.82, 2.24) is 0 Å². The molecule has 106 valence electrons. The summed E-state index contributed by atoms with van der Waals surface area (Å²) in [6, 6.07) is 5.66. The zero-order valence-electron chi connectivity index (χ0n) is 11.3. The Balaban J connectivity index is 2.40. The maximum Gasteiger partial charge on any atom is 0.416 e. The summed E-state index contributed by atoms with van der Waals surface area (Å²) in [5.41, 5.74) is 5.90. The summed E-state index contributed by atoms with van der Waals surface area (Å²) in [4.78, 5) is 0. The molecule has 0 bridgehead atoms. The van der Waals surface area contributed by atoms with Gasteiger partial charge in [0.05, 0.1) is 5.56 Å². The predicted octanol–water partition coefficient (Wildman–Crippen LogP) is 4.11. The molecule has 2 N–H and O–H groups in total. The Kier molecular flexibility index (Phi) is 3.42. The van der Waals surface area contributed by atoms with Gasteiger partial charge in [-0.25, -0.2) is 0 Å². The lowest BCUT2D eigenvalue weighted by molar-refractivity contribution is -0.137. The Morgan fingerprint density at radius 3 is 2.37 bits per heavy atom. The molecule has 1 atom stereocenters. The third-order valence-electron chi connectivity index (χ3n) is 4.29. The number of halogens is 3. The Morgan fingerprint density at radius 1 is 1.21 bits per heavy atom. The van der Waals surface area contributed by atoms with Crippen LogP contribution in [0.5, 0.6) is 0 Å². The molecule has 1 saturated carbocycles. The van der Waals surface area contributed by atoms with Crippen molar-refractivity contribution >= 4 is 0 Å². The minimum absolute atomic E-state index is 0.146. The molecular weight excluding hydrogens is 251 g/mol. The predicted molar refractivity (Wildman–Crippen MR) is 69.8 cm³/mol. The van der Waals surface area contributed by atoms with E-state index in [1.54, 1.807) is 6.07 Å². The molecule has 0 radical (unpaired) electrons. The van der Waals surface area contributed by atoms with Gasteiger partial charge in [-0.15, -0.1) is 0 Å². The van der Waals surface area contributed by atoms with Gasteiger partial charge >= 0.3 is 6.18 Å². The number of alkyl halides is 3. The van der Waals surface area contributed by atoms with E-state index < -0.39 is 11.7 Å². The van der Waals surface area contributed by atoms with E-state index in [2.05, 4.69) is 13.8 Å². The Hall–Kier alpha value is -1.03. The Morgan fingerprint density at radius 2 is 1.89 bits per heavy atom. The molecule has 1 unspecified atom stereocenters. The van der Waals surface area contributed by atoms with Crippen molar-refractivity contribution < 1.29 is 13.2 Å². The molecule has 1 aliphatic rings. The van der Waals surface area contributed by atoms with Crippen LogP contribution in [0.1, 0.15) is 44.2 Å². The summed E-state index contributed by atoms with van der Waals surface area (Å²) in [5.74, 6) is 0. The molecule has 0 spiro atoms. The van der Waals surface area contributed by atoms with Crippen LogP contribution in [0.3, 0.4) is 0 Å². The normalized spacial score (nSPS) is 26.6. The topological polar surface area (TPSA) is 26.0 Å². The van der Waals surface area contributed by atoms with Crippen molar-refractivity contribution in [3.05, 3.63) is 35.4 Å². The maximum absolute atomic E-state index is 12.8. The third kappa shape index (κ3) is 2.78. The van der Waals surface area contributed by atoms with Crippen LogP contribution in [0.15, 0.2) is 24.3 Å². The van der Waals surface area contributed by atoms with Crippen LogP contribution < -0.4 is 5.73 Å². The van der Waals surface area contributed by atoms with E-state index in [1.807, 2.05) is 0 Å². The minimum atomic E-state index is -4.29. The molecule has 19 heavy (non-hydrogen) atoms. The monoisotopic (exact) mass is 271 g/mol. The van der Waals surface area contributed by atoms with E-state index in [9.17, 15) is 13.2 Å². The highest BCUT2D eigenvalue weighted by Crippen LogP contribution is 2.50. The van der Waals surface area contributed by atoms with Gasteiger partial charge in [-0.3, -0.25) is 0 Å². The largest absolute Gasteiger partial charge is 0.416 e. The number of rotatable bonds is 2. The van der Waals surface area contributed by atoms with Gasteiger partial charge in [0, 0.05) is 12.0 Å². The third-order valence-corrected chi connectivity index (χ3v) is 4.29. The van der Waals surface area contributed by atoms with E-state index in [-0.39, 0.29) is 10.8 Å². The standard InChI is InChI=1S/C15H20F3N/c1-13(2)6-7-14(9-13,10-19)11-4-3-5-12(8-11)15(16,17)18/h3-5,8H,6-7,9-10,19H2,1-2H3. The van der Waals surface area contributed by atoms with Crippen LogP contribution in [0.4, 0.5) is 13.2 Å². The average Bonchev–Trinajstić information content (AvgIpc) is 2.65. The van der Waals surface area contributed by atoms with E-state index in [0.717, 1.165) is 30.9 Å². The van der Waals surface area contributed by atoms with E-state index in [0.29, 0.717) is 6.54 Å². The lowest BCUT2D eigenvalue weighted by Crippen LogP contribution is -2.33. The first-order valence-corrected chi connectivity index (χ1v) is 6.56. The van der Waals surface area contributed by atoms with Crippen LogP contribution in [-0.4, -0.2) is 6.54 Å². The Bertz CT molecular complexity index is 465. The summed E-state index contributed by atoms with van der Waals surface area (Å²) < 4.78 is 38.4. The fourth-order valence-electron chi connectivity index (χ4n) is 3.23. The molecule has 0 heterocycles. The van der Waals surface area contributed by atoms with Gasteiger partial charge in [0.1, 0.15) is 0 Å². The second-order valence-electron chi connectivity index (χ2n) is 6.40. The quantitative estimate of drug-likeness (QED) is 0.860. The number of hydrogen-bond acceptors (Lipinski definition) is 1. The van der Waals surface area contributed by atoms with E-state index in [1.165, 1.54) is 12.1 Å². The highest BCUT2D eigenvalue weighted by molar-refractivity contribution is 5.33. The van der Waals surface area contributed by atoms with Crippen LogP contribution >= 0.6 is 0 Å². The van der Waals surface area contributed by atoms with Crippen LogP contribution in [0, 0.1) is 5.41 Å². The lowest BCUT2D eigenvalue weighted by atomic mass is 9.75. The average molecular weight is 271 g/mol. The summed E-state index contributed by atoms with van der Waals surface area (Å²) in [5, 5.41) is 0. The van der Waals surface area contributed by atoms with Crippen LogP contribution in [0.25, 0.3) is 0 Å². The molecule has 2 rings (SSSR count). The summed E-state index contributed by atoms with van der Waals surface area (Å²) >= 11 is 0. The molecule has 0 saturated heterocycles. The van der Waals surface area contributed by atoms with Gasteiger partial charge in [0.2, 0.25) is 0 Å². The SMILES string of the molecule is CC1(C)CCC(CN)(c2cccc(C(F)(F)F)c2)C1. The lowest BCUT2D eigenvalue weighted by Gasteiger charge is -2.30. The molecule has 1 aliphatic carbocycles. The zero-order chi connectivity index (χ0) is 14.3. The molecule has 0 amide bonds. The van der Waals surface area contributed by atoms with Gasteiger partial charge in [-0.2, -0.15) is 13.2 Å². The molecule has 4 heteroatoms. The highest BCUT2D eigenvalue weighted by atomic mass is 19.4. The van der Waals surface area contributed by atoms with Crippen molar-refractivity contribution in [3.63, 3.8) is 0 Å². The van der Waals surface area contributed by atoms with Gasteiger partial charge in [0.15, 0.2) is 0 Å². The molecule has 1 aromatic carbocycles. The Labute approximate surface area is 112 Å². The van der Waals surface area contributed by atoms with Gasteiger partial charge in [-0.1, -0.05) is 32.0 Å². The number of hydrogen-bond donors (Lipinski definition) is 1. The molecule has 0 aromatic heterocycles. The minimum Gasteiger partial charge on any atom is -0.330 e. The second-order valence-corrected chi connectivity index (χ2v) is 6.40. The molecular formula is C15H20F3N. The molecule has 1 nitrogen and oxygen atoms in total. The molecule has 0 aliphatic heterocycles. The number of nitrogens with two attached hydrogens (primary N) is 1. The highest BCUT2D eigenvalue weighted by Gasteiger charge is 2.44. The summed E-state index contributed by atoms with van der Waals surface area (Å²) in [7, 11) is 0. The van der Waals surface area contributed by atoms with Gasteiger partial charge in [0.25, 0.3) is 0 Å². The number of benzene rings is 1. The summed E-state index contributed by atoms with van der Waals surface area (Å²) in [6.07, 6.45) is -1.59. The van der Waals surface area contributed by atoms with E-state index in [4.69, 9.17) is 5.73 Å². The first kappa shape index (κ1) is 14.4. The smallest absolute Gasteiger partial charge is 0.330 e. The van der Waals surface area contributed by atoms with Gasteiger partial charge in [-0.05, 0) is 36.3 Å². The van der Waals surface area contributed by atoms with Crippen molar-refractivity contribution in [2.75, 3.05) is 6.54 Å². The maximum atomic E-state index is 12.8. The zero-order valence-corrected chi connectivity index (χ0v) is 11.3. The van der Waals surface area contributed by atoms with Crippen molar-refractivity contribution in [2.45, 2.75) is 44.7 Å². The summed E-state index contributed by atoms with van der Waals surface area (Å²) in [6.45, 7) is 4.70.